The van der Waals surface area contributed by atoms with Crippen molar-refractivity contribution in [1.82, 2.24) is 20.0 Å². The zero-order valence-corrected chi connectivity index (χ0v) is 15.9. The number of nitrogens with zero attached hydrogens (tertiary/aromatic N) is 3. The lowest BCUT2D eigenvalue weighted by molar-refractivity contribution is -0.120. The molecule has 5 nitrogen and oxygen atoms in total. The highest BCUT2D eigenvalue weighted by molar-refractivity contribution is 5.73. The molecule has 3 rings (SSSR count). The van der Waals surface area contributed by atoms with Crippen molar-refractivity contribution in [3.05, 3.63) is 47.8 Å². The predicted molar refractivity (Wildman–Crippen MR) is 104 cm³/mol. The molecule has 1 fully saturated rings. The summed E-state index contributed by atoms with van der Waals surface area (Å²) in [4.78, 5) is 13.7. The highest BCUT2D eigenvalue weighted by atomic mass is 16.1. The Kier molecular flexibility index (Phi) is 6.45. The lowest BCUT2D eigenvalue weighted by Crippen LogP contribution is -2.46. The van der Waals surface area contributed by atoms with E-state index >= 15 is 0 Å². The van der Waals surface area contributed by atoms with Gasteiger partial charge >= 0.3 is 0 Å². The highest BCUT2D eigenvalue weighted by Crippen LogP contribution is 2.16. The van der Waals surface area contributed by atoms with Crippen molar-refractivity contribution in [3.8, 4) is 5.69 Å². The minimum Gasteiger partial charge on any atom is -0.352 e. The van der Waals surface area contributed by atoms with E-state index in [1.807, 2.05) is 10.9 Å². The van der Waals surface area contributed by atoms with Gasteiger partial charge in [-0.3, -0.25) is 9.69 Å². The summed E-state index contributed by atoms with van der Waals surface area (Å²) in [5, 5.41) is 7.58. The average molecular weight is 354 g/mol. The van der Waals surface area contributed by atoms with Crippen LogP contribution < -0.4 is 5.32 Å². The second-order valence-electron chi connectivity index (χ2n) is 7.34. The second kappa shape index (κ2) is 8.99. The Morgan fingerprint density at radius 1 is 1.27 bits per heavy atom. The molecule has 0 unspecified atom stereocenters. The molecular formula is C21H30N4O. The maximum Gasteiger partial charge on any atom is 0.217 e. The molecule has 1 aliphatic rings. The normalized spacial score (nSPS) is 18.0. The van der Waals surface area contributed by atoms with Gasteiger partial charge in [0.1, 0.15) is 0 Å². The molecule has 1 aromatic heterocycles. The summed E-state index contributed by atoms with van der Waals surface area (Å²) in [6, 6.07) is 8.97. The number of hydrogen-bond donors (Lipinski definition) is 1. The molecule has 0 saturated carbocycles. The number of carbonyl (C=O) groups is 1. The van der Waals surface area contributed by atoms with E-state index < -0.39 is 0 Å². The van der Waals surface area contributed by atoms with Crippen LogP contribution in [0.15, 0.2) is 36.7 Å². The van der Waals surface area contributed by atoms with Gasteiger partial charge in [-0.25, -0.2) is 4.68 Å². The van der Waals surface area contributed by atoms with E-state index in [0.29, 0.717) is 0 Å². The van der Waals surface area contributed by atoms with Gasteiger partial charge in [0.05, 0.1) is 11.9 Å². The summed E-state index contributed by atoms with van der Waals surface area (Å²) in [6.45, 7) is 6.69. The Morgan fingerprint density at radius 3 is 2.81 bits per heavy atom. The number of hydrogen-bond acceptors (Lipinski definition) is 3. The standard InChI is InChI=1S/C21H30N4O/c1-3-4-6-18-8-10-21(11-9-18)25-15-19(13-22-25)14-24-12-5-7-20(16-24)23-17(2)26/h8-11,13,15,20H,3-7,12,14,16H2,1-2H3,(H,23,26)/t20-/m1/s1. The molecule has 0 radical (unpaired) electrons. The minimum atomic E-state index is 0.0621. The molecular weight excluding hydrogens is 324 g/mol. The first-order valence-electron chi connectivity index (χ1n) is 9.76. The van der Waals surface area contributed by atoms with Gasteiger partial charge in [-0.1, -0.05) is 25.5 Å². The largest absolute Gasteiger partial charge is 0.352 e. The number of aryl methyl sites for hydroxylation is 1. The zero-order valence-electron chi connectivity index (χ0n) is 15.9. The Hall–Kier alpha value is -2.14. The first-order valence-corrected chi connectivity index (χ1v) is 9.76. The number of likely N-dealkylation sites (tertiary alicyclic amines) is 1. The summed E-state index contributed by atoms with van der Waals surface area (Å²) in [6.07, 6.45) is 9.86. The van der Waals surface area contributed by atoms with Crippen LogP contribution in [0.25, 0.3) is 5.69 Å². The van der Waals surface area contributed by atoms with Gasteiger partial charge in [-0.15, -0.1) is 0 Å². The smallest absolute Gasteiger partial charge is 0.217 e. The van der Waals surface area contributed by atoms with Crippen LogP contribution in [0, 0.1) is 0 Å². The van der Waals surface area contributed by atoms with Crippen molar-refractivity contribution >= 4 is 5.91 Å². The van der Waals surface area contributed by atoms with Gasteiger partial charge in [0.15, 0.2) is 0 Å². The van der Waals surface area contributed by atoms with Gasteiger partial charge in [0, 0.05) is 37.8 Å². The fourth-order valence-electron chi connectivity index (χ4n) is 3.64. The molecule has 1 aromatic carbocycles. The number of benzene rings is 1. The molecule has 2 aromatic rings. The molecule has 1 N–H and O–H groups in total. The zero-order chi connectivity index (χ0) is 18.4. The van der Waals surface area contributed by atoms with Gasteiger partial charge in [0.25, 0.3) is 0 Å². The van der Waals surface area contributed by atoms with E-state index in [0.717, 1.165) is 44.6 Å². The Bertz CT molecular complexity index is 707. The first kappa shape index (κ1) is 18.6. The van der Waals surface area contributed by atoms with Gasteiger partial charge in [-0.05, 0) is 49.9 Å². The van der Waals surface area contributed by atoms with E-state index in [1.165, 1.54) is 24.0 Å². The number of aromatic nitrogens is 2. The molecule has 0 spiro atoms. The summed E-state index contributed by atoms with van der Waals surface area (Å²) in [5.74, 6) is 0.0621. The summed E-state index contributed by atoms with van der Waals surface area (Å²) < 4.78 is 1.95. The lowest BCUT2D eigenvalue weighted by atomic mass is 10.1. The van der Waals surface area contributed by atoms with Crippen LogP contribution in [-0.4, -0.2) is 39.7 Å². The van der Waals surface area contributed by atoms with Crippen molar-refractivity contribution in [2.75, 3.05) is 13.1 Å². The second-order valence-corrected chi connectivity index (χ2v) is 7.34. The molecule has 0 bridgehead atoms. The number of unbranched alkanes of at least 4 members (excludes halogenated alkanes) is 1. The molecule has 2 heterocycles. The molecule has 5 heteroatoms. The van der Waals surface area contributed by atoms with Crippen LogP contribution in [0.5, 0.6) is 0 Å². The summed E-state index contributed by atoms with van der Waals surface area (Å²) in [5.41, 5.74) is 3.70. The van der Waals surface area contributed by atoms with Gasteiger partial charge in [-0.2, -0.15) is 5.10 Å². The lowest BCUT2D eigenvalue weighted by Gasteiger charge is -2.32. The summed E-state index contributed by atoms with van der Waals surface area (Å²) in [7, 11) is 0. The molecule has 26 heavy (non-hydrogen) atoms. The maximum atomic E-state index is 11.3. The van der Waals surface area contributed by atoms with Crippen molar-refractivity contribution < 1.29 is 4.79 Å². The molecule has 1 saturated heterocycles. The fraction of sp³-hybridized carbons (Fsp3) is 0.524. The van der Waals surface area contributed by atoms with E-state index in [1.54, 1.807) is 6.92 Å². The minimum absolute atomic E-state index is 0.0621. The number of nitrogens with one attached hydrogen (secondary N) is 1. The molecule has 1 aliphatic heterocycles. The van der Waals surface area contributed by atoms with Crippen molar-refractivity contribution in [2.24, 2.45) is 0 Å². The van der Waals surface area contributed by atoms with E-state index in [-0.39, 0.29) is 11.9 Å². The average Bonchev–Trinajstić information content (AvgIpc) is 3.08. The van der Waals surface area contributed by atoms with Crippen LogP contribution >= 0.6 is 0 Å². The number of rotatable bonds is 7. The molecule has 140 valence electrons. The van der Waals surface area contributed by atoms with Gasteiger partial charge < -0.3 is 5.32 Å². The van der Waals surface area contributed by atoms with Crippen molar-refractivity contribution in [2.45, 2.75) is 58.5 Å². The third-order valence-corrected chi connectivity index (χ3v) is 4.98. The maximum absolute atomic E-state index is 11.3. The van der Waals surface area contributed by atoms with Crippen molar-refractivity contribution in [1.29, 1.82) is 0 Å². The number of carbonyl (C=O) groups excluding carboxylic acids is 1. The van der Waals surface area contributed by atoms with Crippen LogP contribution in [0.3, 0.4) is 0 Å². The van der Waals surface area contributed by atoms with E-state index in [9.17, 15) is 4.79 Å². The first-order chi connectivity index (χ1) is 12.6. The SMILES string of the molecule is CCCCc1ccc(-n2cc(CN3CCC[C@@H](NC(C)=O)C3)cn2)cc1. The quantitative estimate of drug-likeness (QED) is 0.830. The van der Waals surface area contributed by atoms with Crippen LogP contribution in [-0.2, 0) is 17.8 Å². The van der Waals surface area contributed by atoms with Crippen LogP contribution in [0.1, 0.15) is 50.7 Å². The third kappa shape index (κ3) is 5.18. The van der Waals surface area contributed by atoms with Crippen molar-refractivity contribution in [3.63, 3.8) is 0 Å². The van der Waals surface area contributed by atoms with Crippen LogP contribution in [0.4, 0.5) is 0 Å². The fourth-order valence-corrected chi connectivity index (χ4v) is 3.64. The monoisotopic (exact) mass is 354 g/mol. The summed E-state index contributed by atoms with van der Waals surface area (Å²) >= 11 is 0. The topological polar surface area (TPSA) is 50.2 Å². The third-order valence-electron chi connectivity index (χ3n) is 4.98. The Morgan fingerprint density at radius 2 is 2.08 bits per heavy atom. The number of amides is 1. The van der Waals surface area contributed by atoms with Gasteiger partial charge in [0.2, 0.25) is 5.91 Å². The van der Waals surface area contributed by atoms with E-state index in [2.05, 4.69) is 52.7 Å². The van der Waals surface area contributed by atoms with E-state index in [4.69, 9.17) is 0 Å². The number of piperidine rings is 1. The molecule has 1 amide bonds. The Labute approximate surface area is 156 Å². The Balaban J connectivity index is 1.58. The highest BCUT2D eigenvalue weighted by Gasteiger charge is 2.20. The van der Waals surface area contributed by atoms with Crippen LogP contribution in [0.2, 0.25) is 0 Å². The predicted octanol–water partition coefficient (Wildman–Crippen LogP) is 3.32. The molecule has 0 aliphatic carbocycles. The molecule has 1 atom stereocenters.